The van der Waals surface area contributed by atoms with Crippen molar-refractivity contribution in [1.82, 2.24) is 4.98 Å². The van der Waals surface area contributed by atoms with Gasteiger partial charge in [-0.3, -0.25) is 4.79 Å². The molecular weight excluding hydrogens is 244 g/mol. The zero-order valence-electron chi connectivity index (χ0n) is 11.8. The molecule has 4 heteroatoms. The van der Waals surface area contributed by atoms with Crippen LogP contribution in [-0.4, -0.2) is 17.3 Å². The lowest BCUT2D eigenvalue weighted by molar-refractivity contribution is -0.118. The van der Waals surface area contributed by atoms with Gasteiger partial charge in [0, 0.05) is 17.2 Å². The smallest absolute Gasteiger partial charge is 0.139 e. The normalized spacial score (nSPS) is 13.6. The van der Waals surface area contributed by atoms with Gasteiger partial charge in [0.1, 0.15) is 10.8 Å². The summed E-state index contributed by atoms with van der Waals surface area (Å²) in [5, 5.41) is 3.00. The summed E-state index contributed by atoms with van der Waals surface area (Å²) in [6.07, 6.45) is 1.97. The summed E-state index contributed by atoms with van der Waals surface area (Å²) in [6.45, 7) is 9.14. The van der Waals surface area contributed by atoms with Crippen LogP contribution in [0.3, 0.4) is 0 Å². The van der Waals surface area contributed by atoms with Crippen molar-refractivity contribution in [2.45, 2.75) is 52.4 Å². The predicted molar refractivity (Wildman–Crippen MR) is 77.0 cm³/mol. The van der Waals surface area contributed by atoms with E-state index in [-0.39, 0.29) is 11.2 Å². The quantitative estimate of drug-likeness (QED) is 0.863. The van der Waals surface area contributed by atoms with E-state index in [4.69, 9.17) is 5.73 Å². The first-order valence-corrected chi connectivity index (χ1v) is 7.37. The Balaban J connectivity index is 2.48. The SMILES string of the molecule is CC(CN)CCC(=O)Cc1nc(C(C)(C)C)cs1. The third kappa shape index (κ3) is 4.86. The van der Waals surface area contributed by atoms with Crippen molar-refractivity contribution in [2.24, 2.45) is 11.7 Å². The second-order valence-corrected chi connectivity index (χ2v) is 6.91. The van der Waals surface area contributed by atoms with Crippen LogP contribution in [0.25, 0.3) is 0 Å². The highest BCUT2D eigenvalue weighted by Crippen LogP contribution is 2.24. The first-order chi connectivity index (χ1) is 8.32. The van der Waals surface area contributed by atoms with Gasteiger partial charge in [-0.2, -0.15) is 0 Å². The highest BCUT2D eigenvalue weighted by Gasteiger charge is 2.18. The number of aromatic nitrogens is 1. The molecule has 1 atom stereocenters. The molecule has 0 fully saturated rings. The van der Waals surface area contributed by atoms with Crippen LogP contribution < -0.4 is 5.73 Å². The maximum Gasteiger partial charge on any atom is 0.139 e. The highest BCUT2D eigenvalue weighted by atomic mass is 32.1. The standard InChI is InChI=1S/C14H24N2OS/c1-10(8-15)5-6-11(17)7-13-16-12(9-18-13)14(2,3)4/h9-10H,5-8,15H2,1-4H3. The summed E-state index contributed by atoms with van der Waals surface area (Å²) in [4.78, 5) is 16.4. The highest BCUT2D eigenvalue weighted by molar-refractivity contribution is 7.09. The maximum absolute atomic E-state index is 11.8. The minimum Gasteiger partial charge on any atom is -0.330 e. The largest absolute Gasteiger partial charge is 0.330 e. The van der Waals surface area contributed by atoms with Gasteiger partial charge in [-0.05, 0) is 18.9 Å². The van der Waals surface area contributed by atoms with Gasteiger partial charge in [-0.25, -0.2) is 4.98 Å². The second-order valence-electron chi connectivity index (χ2n) is 5.97. The number of nitrogens with two attached hydrogens (primary N) is 1. The Labute approximate surface area is 114 Å². The maximum atomic E-state index is 11.8. The van der Waals surface area contributed by atoms with E-state index in [0.717, 1.165) is 17.1 Å². The van der Waals surface area contributed by atoms with E-state index >= 15 is 0 Å². The molecule has 3 nitrogen and oxygen atoms in total. The molecule has 0 aliphatic rings. The van der Waals surface area contributed by atoms with Gasteiger partial charge in [0.25, 0.3) is 0 Å². The fourth-order valence-corrected chi connectivity index (χ4v) is 2.57. The molecule has 1 rings (SSSR count). The zero-order valence-corrected chi connectivity index (χ0v) is 12.6. The van der Waals surface area contributed by atoms with Crippen LogP contribution in [-0.2, 0) is 16.6 Å². The lowest BCUT2D eigenvalue weighted by Gasteiger charge is -2.14. The van der Waals surface area contributed by atoms with E-state index in [1.165, 1.54) is 0 Å². The average molecular weight is 268 g/mol. The third-order valence-electron chi connectivity index (χ3n) is 2.99. The molecule has 2 N–H and O–H groups in total. The number of thiazole rings is 1. The molecule has 18 heavy (non-hydrogen) atoms. The summed E-state index contributed by atoms with van der Waals surface area (Å²) in [7, 11) is 0. The Morgan fingerprint density at radius 2 is 2.17 bits per heavy atom. The summed E-state index contributed by atoms with van der Waals surface area (Å²) < 4.78 is 0. The van der Waals surface area contributed by atoms with Crippen molar-refractivity contribution in [2.75, 3.05) is 6.54 Å². The first-order valence-electron chi connectivity index (χ1n) is 6.49. The molecule has 0 saturated heterocycles. The molecule has 0 saturated carbocycles. The lowest BCUT2D eigenvalue weighted by atomic mass is 9.93. The summed E-state index contributed by atoms with van der Waals surface area (Å²) in [5.41, 5.74) is 6.68. The Morgan fingerprint density at radius 3 is 2.67 bits per heavy atom. The molecule has 0 radical (unpaired) electrons. The van der Waals surface area contributed by atoms with Crippen molar-refractivity contribution < 1.29 is 4.79 Å². The number of hydrogen-bond acceptors (Lipinski definition) is 4. The molecule has 1 aromatic heterocycles. The van der Waals surface area contributed by atoms with Crippen LogP contribution in [0.1, 0.15) is 51.2 Å². The van der Waals surface area contributed by atoms with Crippen LogP contribution in [0.4, 0.5) is 0 Å². The predicted octanol–water partition coefficient (Wildman–Crippen LogP) is 2.93. The van der Waals surface area contributed by atoms with E-state index in [2.05, 4.69) is 38.1 Å². The van der Waals surface area contributed by atoms with Crippen LogP contribution in [0, 0.1) is 5.92 Å². The molecule has 1 heterocycles. The van der Waals surface area contributed by atoms with Gasteiger partial charge in [0.2, 0.25) is 0 Å². The van der Waals surface area contributed by atoms with E-state index in [1.54, 1.807) is 11.3 Å². The summed E-state index contributed by atoms with van der Waals surface area (Å²) >= 11 is 1.59. The van der Waals surface area contributed by atoms with Crippen molar-refractivity contribution in [1.29, 1.82) is 0 Å². The molecule has 0 aliphatic heterocycles. The van der Waals surface area contributed by atoms with Gasteiger partial charge in [-0.1, -0.05) is 27.7 Å². The van der Waals surface area contributed by atoms with Crippen molar-refractivity contribution in [3.8, 4) is 0 Å². The lowest BCUT2D eigenvalue weighted by Crippen LogP contribution is -2.14. The summed E-state index contributed by atoms with van der Waals surface area (Å²) in [6, 6.07) is 0. The van der Waals surface area contributed by atoms with E-state index < -0.39 is 0 Å². The average Bonchev–Trinajstić information content (AvgIpc) is 2.74. The third-order valence-corrected chi connectivity index (χ3v) is 3.84. The minimum atomic E-state index is 0.0614. The molecule has 0 bridgehead atoms. The number of carbonyl (C=O) groups excluding carboxylic acids is 1. The van der Waals surface area contributed by atoms with Gasteiger partial charge in [0.15, 0.2) is 0 Å². The zero-order chi connectivity index (χ0) is 13.8. The van der Waals surface area contributed by atoms with Crippen LogP contribution in [0.15, 0.2) is 5.38 Å². The van der Waals surface area contributed by atoms with Gasteiger partial charge >= 0.3 is 0 Å². The van der Waals surface area contributed by atoms with Crippen molar-refractivity contribution in [3.05, 3.63) is 16.1 Å². The molecule has 0 aromatic carbocycles. The fourth-order valence-electron chi connectivity index (χ4n) is 1.52. The van der Waals surface area contributed by atoms with Crippen LogP contribution in [0.5, 0.6) is 0 Å². The molecule has 0 spiro atoms. The molecule has 0 amide bonds. The summed E-state index contributed by atoms with van der Waals surface area (Å²) in [5.74, 6) is 0.695. The number of ketones is 1. The molecule has 1 unspecified atom stereocenters. The number of Topliss-reactive ketones (excluding diaryl/α,β-unsaturated/α-hetero) is 1. The second kappa shape index (κ2) is 6.43. The molecular formula is C14H24N2OS. The van der Waals surface area contributed by atoms with Gasteiger partial charge < -0.3 is 5.73 Å². The van der Waals surface area contributed by atoms with E-state index in [1.807, 2.05) is 0 Å². The number of rotatable bonds is 6. The Hall–Kier alpha value is -0.740. The van der Waals surface area contributed by atoms with E-state index in [0.29, 0.717) is 25.3 Å². The Kier molecular flexibility index (Phi) is 5.47. The topological polar surface area (TPSA) is 56.0 Å². The molecule has 0 aliphatic carbocycles. The minimum absolute atomic E-state index is 0.0614. The fraction of sp³-hybridized carbons (Fsp3) is 0.714. The molecule has 1 aromatic rings. The van der Waals surface area contributed by atoms with Gasteiger partial charge in [0.05, 0.1) is 12.1 Å². The van der Waals surface area contributed by atoms with E-state index in [9.17, 15) is 4.79 Å². The molecule has 102 valence electrons. The number of carbonyl (C=O) groups is 1. The monoisotopic (exact) mass is 268 g/mol. The van der Waals surface area contributed by atoms with Gasteiger partial charge in [-0.15, -0.1) is 11.3 Å². The first kappa shape index (κ1) is 15.3. The Morgan fingerprint density at radius 1 is 1.50 bits per heavy atom. The number of nitrogens with zero attached hydrogens (tertiary/aromatic N) is 1. The number of hydrogen-bond donors (Lipinski definition) is 1. The van der Waals surface area contributed by atoms with Crippen LogP contribution in [0.2, 0.25) is 0 Å². The van der Waals surface area contributed by atoms with Crippen molar-refractivity contribution >= 4 is 17.1 Å². The van der Waals surface area contributed by atoms with Crippen molar-refractivity contribution in [3.63, 3.8) is 0 Å². The van der Waals surface area contributed by atoms with Crippen LogP contribution >= 0.6 is 11.3 Å². The Bertz CT molecular complexity index is 393.